The van der Waals surface area contributed by atoms with E-state index in [9.17, 15) is 4.79 Å². The molecule has 1 aromatic rings. The first kappa shape index (κ1) is 11.7. The molecule has 0 aliphatic rings. The van der Waals surface area contributed by atoms with Gasteiger partial charge in [0, 0.05) is 19.5 Å². The summed E-state index contributed by atoms with van der Waals surface area (Å²) in [7, 11) is 1.58. The van der Waals surface area contributed by atoms with E-state index in [1.807, 2.05) is 0 Å². The van der Waals surface area contributed by atoms with Crippen molar-refractivity contribution in [1.82, 2.24) is 15.3 Å². The third-order valence-corrected chi connectivity index (χ3v) is 1.67. The summed E-state index contributed by atoms with van der Waals surface area (Å²) in [6.07, 6.45) is 3.34. The lowest BCUT2D eigenvalue weighted by Crippen LogP contribution is -2.28. The van der Waals surface area contributed by atoms with Crippen LogP contribution in [0.5, 0.6) is 0 Å². The van der Waals surface area contributed by atoms with Gasteiger partial charge in [-0.25, -0.2) is 4.98 Å². The fourth-order valence-electron chi connectivity index (χ4n) is 0.935. The van der Waals surface area contributed by atoms with E-state index in [0.29, 0.717) is 19.8 Å². The molecular weight excluding hydrogens is 198 g/mol. The zero-order valence-electron chi connectivity index (χ0n) is 8.66. The predicted molar refractivity (Wildman–Crippen MR) is 53.1 cm³/mol. The number of aromatic nitrogens is 2. The van der Waals surface area contributed by atoms with Gasteiger partial charge < -0.3 is 19.8 Å². The van der Waals surface area contributed by atoms with E-state index in [1.54, 1.807) is 19.5 Å². The average molecular weight is 213 g/mol. The quantitative estimate of drug-likeness (QED) is 0.609. The Hall–Kier alpha value is -1.40. The summed E-state index contributed by atoms with van der Waals surface area (Å²) in [6, 6.07) is 0. The standard InChI is InChI=1S/C9H15N3O3/c1-14-4-5-15-7-9(13)12-6-8-10-2-3-11-8/h2-3H,4-7H2,1H3,(H,10,11)(H,12,13). The van der Waals surface area contributed by atoms with E-state index >= 15 is 0 Å². The molecule has 15 heavy (non-hydrogen) atoms. The number of carbonyl (C=O) groups is 1. The van der Waals surface area contributed by atoms with Crippen molar-refractivity contribution in [2.45, 2.75) is 6.54 Å². The molecule has 1 amide bonds. The van der Waals surface area contributed by atoms with Crippen molar-refractivity contribution >= 4 is 5.91 Å². The van der Waals surface area contributed by atoms with Crippen LogP contribution in [-0.2, 0) is 20.8 Å². The number of H-pyrrole nitrogens is 1. The van der Waals surface area contributed by atoms with Gasteiger partial charge in [0.1, 0.15) is 12.4 Å². The number of hydrogen-bond donors (Lipinski definition) is 2. The maximum atomic E-state index is 11.2. The Morgan fingerprint density at radius 1 is 1.60 bits per heavy atom. The molecule has 0 unspecified atom stereocenters. The third-order valence-electron chi connectivity index (χ3n) is 1.67. The maximum absolute atomic E-state index is 11.2. The molecule has 6 nitrogen and oxygen atoms in total. The average Bonchev–Trinajstić information content (AvgIpc) is 2.74. The van der Waals surface area contributed by atoms with Crippen molar-refractivity contribution in [1.29, 1.82) is 0 Å². The molecule has 0 radical (unpaired) electrons. The van der Waals surface area contributed by atoms with Gasteiger partial charge in [-0.15, -0.1) is 0 Å². The highest BCUT2D eigenvalue weighted by Crippen LogP contribution is 1.86. The molecule has 0 atom stereocenters. The van der Waals surface area contributed by atoms with Crippen molar-refractivity contribution in [2.24, 2.45) is 0 Å². The number of methoxy groups -OCH3 is 1. The number of ether oxygens (including phenoxy) is 2. The molecular formula is C9H15N3O3. The van der Waals surface area contributed by atoms with Crippen LogP contribution in [0.3, 0.4) is 0 Å². The monoisotopic (exact) mass is 213 g/mol. The van der Waals surface area contributed by atoms with Crippen LogP contribution in [0.25, 0.3) is 0 Å². The lowest BCUT2D eigenvalue weighted by atomic mass is 10.5. The Morgan fingerprint density at radius 3 is 3.13 bits per heavy atom. The third kappa shape index (κ3) is 5.14. The van der Waals surface area contributed by atoms with Gasteiger partial charge in [0.2, 0.25) is 5.91 Å². The van der Waals surface area contributed by atoms with Crippen molar-refractivity contribution in [3.63, 3.8) is 0 Å². The zero-order chi connectivity index (χ0) is 10.9. The summed E-state index contributed by atoms with van der Waals surface area (Å²) in [5.41, 5.74) is 0. The van der Waals surface area contributed by atoms with Gasteiger partial charge in [0.25, 0.3) is 0 Å². The first-order valence-corrected chi connectivity index (χ1v) is 4.64. The number of nitrogens with zero attached hydrogens (tertiary/aromatic N) is 1. The Bertz CT molecular complexity index is 274. The molecule has 2 N–H and O–H groups in total. The molecule has 1 rings (SSSR count). The van der Waals surface area contributed by atoms with E-state index in [-0.39, 0.29) is 12.5 Å². The topological polar surface area (TPSA) is 76.2 Å². The van der Waals surface area contributed by atoms with Gasteiger partial charge >= 0.3 is 0 Å². The molecule has 0 aliphatic carbocycles. The smallest absolute Gasteiger partial charge is 0.246 e. The van der Waals surface area contributed by atoms with Crippen LogP contribution in [-0.4, -0.2) is 42.8 Å². The highest BCUT2D eigenvalue weighted by atomic mass is 16.5. The molecule has 0 saturated heterocycles. The fourth-order valence-corrected chi connectivity index (χ4v) is 0.935. The zero-order valence-corrected chi connectivity index (χ0v) is 8.66. The number of aromatic amines is 1. The molecule has 0 spiro atoms. The van der Waals surface area contributed by atoms with Gasteiger partial charge in [0.15, 0.2) is 0 Å². The van der Waals surface area contributed by atoms with Crippen LogP contribution < -0.4 is 5.32 Å². The molecule has 6 heteroatoms. The maximum Gasteiger partial charge on any atom is 0.246 e. The molecule has 0 fully saturated rings. The van der Waals surface area contributed by atoms with Crippen molar-refractivity contribution in [3.05, 3.63) is 18.2 Å². The minimum absolute atomic E-state index is 0.0457. The number of hydrogen-bond acceptors (Lipinski definition) is 4. The van der Waals surface area contributed by atoms with E-state index < -0.39 is 0 Å². The Kier molecular flexibility index (Phi) is 5.42. The SMILES string of the molecule is COCCOCC(=O)NCc1ncc[nH]1. The number of amides is 1. The number of rotatable bonds is 7. The van der Waals surface area contributed by atoms with Crippen molar-refractivity contribution in [2.75, 3.05) is 26.9 Å². The molecule has 0 saturated carbocycles. The van der Waals surface area contributed by atoms with Crippen LogP contribution in [0.4, 0.5) is 0 Å². The van der Waals surface area contributed by atoms with Crippen LogP contribution in [0.2, 0.25) is 0 Å². The minimum atomic E-state index is -0.164. The van der Waals surface area contributed by atoms with E-state index in [2.05, 4.69) is 15.3 Å². The lowest BCUT2D eigenvalue weighted by molar-refractivity contribution is -0.126. The molecule has 84 valence electrons. The normalized spacial score (nSPS) is 10.2. The molecule has 1 aromatic heterocycles. The Balaban J connectivity index is 2.04. The second-order valence-corrected chi connectivity index (χ2v) is 2.86. The van der Waals surface area contributed by atoms with Gasteiger partial charge in [-0.1, -0.05) is 0 Å². The molecule has 0 aliphatic heterocycles. The van der Waals surface area contributed by atoms with Crippen LogP contribution in [0.15, 0.2) is 12.4 Å². The van der Waals surface area contributed by atoms with Gasteiger partial charge in [-0.2, -0.15) is 0 Å². The molecule has 0 bridgehead atoms. The van der Waals surface area contributed by atoms with Crippen LogP contribution in [0, 0.1) is 0 Å². The number of carbonyl (C=O) groups excluding carboxylic acids is 1. The fraction of sp³-hybridized carbons (Fsp3) is 0.556. The highest BCUT2D eigenvalue weighted by molar-refractivity contribution is 5.77. The Morgan fingerprint density at radius 2 is 2.47 bits per heavy atom. The summed E-state index contributed by atoms with van der Waals surface area (Å²) in [5, 5.41) is 2.66. The van der Waals surface area contributed by atoms with Crippen LogP contribution >= 0.6 is 0 Å². The molecule has 1 heterocycles. The van der Waals surface area contributed by atoms with E-state index in [1.165, 1.54) is 0 Å². The highest BCUT2D eigenvalue weighted by Gasteiger charge is 2.01. The van der Waals surface area contributed by atoms with E-state index in [0.717, 1.165) is 5.82 Å². The van der Waals surface area contributed by atoms with Crippen LogP contribution in [0.1, 0.15) is 5.82 Å². The summed E-state index contributed by atoms with van der Waals surface area (Å²) >= 11 is 0. The first-order chi connectivity index (χ1) is 7.33. The summed E-state index contributed by atoms with van der Waals surface area (Å²) in [5.74, 6) is 0.558. The summed E-state index contributed by atoms with van der Waals surface area (Å²) in [6.45, 7) is 1.35. The number of nitrogens with one attached hydrogen (secondary N) is 2. The summed E-state index contributed by atoms with van der Waals surface area (Å²) < 4.78 is 9.81. The number of imidazole rings is 1. The second-order valence-electron chi connectivity index (χ2n) is 2.86. The van der Waals surface area contributed by atoms with E-state index in [4.69, 9.17) is 9.47 Å². The van der Waals surface area contributed by atoms with Crippen molar-refractivity contribution in [3.8, 4) is 0 Å². The lowest BCUT2D eigenvalue weighted by Gasteiger charge is -2.04. The van der Waals surface area contributed by atoms with Gasteiger partial charge in [0.05, 0.1) is 19.8 Å². The Labute approximate surface area is 88.0 Å². The van der Waals surface area contributed by atoms with Crippen molar-refractivity contribution < 1.29 is 14.3 Å². The summed E-state index contributed by atoms with van der Waals surface area (Å²) in [4.78, 5) is 18.0. The largest absolute Gasteiger partial charge is 0.382 e. The second kappa shape index (κ2) is 6.97. The molecule has 0 aromatic carbocycles. The predicted octanol–water partition coefficient (Wildman–Crippen LogP) is -0.311. The minimum Gasteiger partial charge on any atom is -0.382 e. The van der Waals surface area contributed by atoms with Gasteiger partial charge in [-0.05, 0) is 0 Å². The first-order valence-electron chi connectivity index (χ1n) is 4.64. The van der Waals surface area contributed by atoms with Gasteiger partial charge in [-0.3, -0.25) is 4.79 Å².